The zero-order valence-electron chi connectivity index (χ0n) is 10.6. The third-order valence-electron chi connectivity index (χ3n) is 3.54. The number of rotatable bonds is 5. The Kier molecular flexibility index (Phi) is 5.22. The van der Waals surface area contributed by atoms with E-state index in [9.17, 15) is 4.79 Å². The van der Waals surface area contributed by atoms with Crippen LogP contribution in [0.3, 0.4) is 0 Å². The van der Waals surface area contributed by atoms with E-state index >= 15 is 0 Å². The number of carboxylic acid groups (broad SMARTS) is 1. The first-order valence-corrected chi connectivity index (χ1v) is 6.20. The van der Waals surface area contributed by atoms with Crippen LogP contribution in [0.4, 0.5) is 0 Å². The molecule has 0 amide bonds. The largest absolute Gasteiger partial charge is 0.480 e. The van der Waals surface area contributed by atoms with Gasteiger partial charge in [0.2, 0.25) is 0 Å². The fraction of sp³-hybridized carbons (Fsp3) is 0.917. The minimum atomic E-state index is -0.714. The summed E-state index contributed by atoms with van der Waals surface area (Å²) in [4.78, 5) is 15.3. The summed E-state index contributed by atoms with van der Waals surface area (Å²) in [5.41, 5.74) is 0. The van der Waals surface area contributed by atoms with Gasteiger partial charge in [0.1, 0.15) is 0 Å². The second-order valence-electron chi connectivity index (χ2n) is 4.88. The minimum Gasteiger partial charge on any atom is -0.480 e. The summed E-state index contributed by atoms with van der Waals surface area (Å²) >= 11 is 0. The van der Waals surface area contributed by atoms with E-state index in [1.165, 1.54) is 6.42 Å². The highest BCUT2D eigenvalue weighted by Gasteiger charge is 2.27. The van der Waals surface area contributed by atoms with Crippen LogP contribution in [-0.2, 0) is 4.79 Å². The van der Waals surface area contributed by atoms with Crippen molar-refractivity contribution in [2.24, 2.45) is 0 Å². The molecule has 0 aromatic heterocycles. The molecule has 1 rings (SSSR count). The summed E-state index contributed by atoms with van der Waals surface area (Å²) < 4.78 is 0. The van der Waals surface area contributed by atoms with Gasteiger partial charge < -0.3 is 10.0 Å². The van der Waals surface area contributed by atoms with Crippen molar-refractivity contribution in [2.75, 3.05) is 26.7 Å². The van der Waals surface area contributed by atoms with E-state index in [1.54, 1.807) is 0 Å². The maximum Gasteiger partial charge on any atom is 0.317 e. The summed E-state index contributed by atoms with van der Waals surface area (Å²) in [6, 6.07) is 0.761. The second kappa shape index (κ2) is 6.21. The van der Waals surface area contributed by atoms with Crippen molar-refractivity contribution in [1.82, 2.24) is 9.80 Å². The van der Waals surface area contributed by atoms with E-state index in [-0.39, 0.29) is 6.54 Å². The van der Waals surface area contributed by atoms with Crippen LogP contribution in [0.1, 0.15) is 33.1 Å². The third-order valence-corrected chi connectivity index (χ3v) is 3.54. The summed E-state index contributed by atoms with van der Waals surface area (Å²) in [6.45, 7) is 6.55. The Hall–Kier alpha value is -0.610. The Morgan fingerprint density at radius 2 is 2.31 bits per heavy atom. The molecule has 1 aliphatic heterocycles. The predicted molar refractivity (Wildman–Crippen MR) is 64.6 cm³/mol. The van der Waals surface area contributed by atoms with Gasteiger partial charge in [0.25, 0.3) is 0 Å². The maximum atomic E-state index is 10.9. The summed E-state index contributed by atoms with van der Waals surface area (Å²) in [5.74, 6) is -0.714. The first-order chi connectivity index (χ1) is 7.54. The Labute approximate surface area is 98.2 Å². The minimum absolute atomic E-state index is 0.174. The summed E-state index contributed by atoms with van der Waals surface area (Å²) in [5, 5.41) is 8.97. The van der Waals surface area contributed by atoms with Gasteiger partial charge in [-0.1, -0.05) is 6.92 Å². The van der Waals surface area contributed by atoms with E-state index < -0.39 is 5.97 Å². The van der Waals surface area contributed by atoms with Crippen LogP contribution in [0.15, 0.2) is 0 Å². The Balaban J connectivity index is 2.62. The van der Waals surface area contributed by atoms with Crippen LogP contribution in [0, 0.1) is 0 Å². The van der Waals surface area contributed by atoms with Crippen molar-refractivity contribution >= 4 is 5.97 Å². The van der Waals surface area contributed by atoms with E-state index in [0.717, 1.165) is 25.9 Å². The number of aliphatic carboxylic acids is 1. The van der Waals surface area contributed by atoms with Crippen molar-refractivity contribution in [2.45, 2.75) is 45.2 Å². The Morgan fingerprint density at radius 3 is 2.81 bits per heavy atom. The van der Waals surface area contributed by atoms with E-state index in [4.69, 9.17) is 5.11 Å². The normalized spacial score (nSPS) is 24.6. The number of likely N-dealkylation sites (N-methyl/N-ethyl adjacent to an activating group) is 1. The van der Waals surface area contributed by atoms with Gasteiger partial charge in [0.05, 0.1) is 6.54 Å². The molecule has 4 nitrogen and oxygen atoms in total. The molecule has 2 unspecified atom stereocenters. The van der Waals surface area contributed by atoms with Gasteiger partial charge in [0, 0.05) is 18.6 Å². The molecular weight excluding hydrogens is 204 g/mol. The number of likely N-dealkylation sites (tertiary alicyclic amines) is 1. The average Bonchev–Trinajstić information content (AvgIpc) is 2.24. The molecule has 2 atom stereocenters. The third kappa shape index (κ3) is 3.76. The van der Waals surface area contributed by atoms with Crippen molar-refractivity contribution in [3.8, 4) is 0 Å². The SMILES string of the molecule is CCC(C)N(CC(=O)O)C1CCCN(C)C1. The molecule has 0 spiro atoms. The van der Waals surface area contributed by atoms with Crippen molar-refractivity contribution in [1.29, 1.82) is 0 Å². The van der Waals surface area contributed by atoms with Gasteiger partial charge in [-0.3, -0.25) is 9.69 Å². The first kappa shape index (κ1) is 13.5. The van der Waals surface area contributed by atoms with Crippen molar-refractivity contribution < 1.29 is 9.90 Å². The molecule has 1 heterocycles. The lowest BCUT2D eigenvalue weighted by atomic mass is 10.0. The molecule has 0 aromatic carbocycles. The lowest BCUT2D eigenvalue weighted by Crippen LogP contribution is -2.51. The van der Waals surface area contributed by atoms with Crippen LogP contribution in [0.25, 0.3) is 0 Å². The fourth-order valence-corrected chi connectivity index (χ4v) is 2.45. The number of hydrogen-bond donors (Lipinski definition) is 1. The molecule has 94 valence electrons. The van der Waals surface area contributed by atoms with Gasteiger partial charge >= 0.3 is 5.97 Å². The highest BCUT2D eigenvalue weighted by Crippen LogP contribution is 2.18. The maximum absolute atomic E-state index is 10.9. The molecule has 0 aromatic rings. The highest BCUT2D eigenvalue weighted by molar-refractivity contribution is 5.69. The first-order valence-electron chi connectivity index (χ1n) is 6.20. The number of carbonyl (C=O) groups is 1. The molecule has 1 saturated heterocycles. The lowest BCUT2D eigenvalue weighted by Gasteiger charge is -2.40. The quantitative estimate of drug-likeness (QED) is 0.769. The molecule has 0 radical (unpaired) electrons. The molecule has 0 aliphatic carbocycles. The van der Waals surface area contributed by atoms with Crippen LogP contribution < -0.4 is 0 Å². The Bertz CT molecular complexity index is 233. The second-order valence-corrected chi connectivity index (χ2v) is 4.88. The summed E-state index contributed by atoms with van der Waals surface area (Å²) in [7, 11) is 2.11. The lowest BCUT2D eigenvalue weighted by molar-refractivity contribution is -0.140. The van der Waals surface area contributed by atoms with Crippen LogP contribution in [-0.4, -0.2) is 59.6 Å². The molecule has 1 aliphatic rings. The molecule has 16 heavy (non-hydrogen) atoms. The molecule has 1 N–H and O–H groups in total. The molecule has 1 fully saturated rings. The molecule has 4 heteroatoms. The molecular formula is C12H24N2O2. The topological polar surface area (TPSA) is 43.8 Å². The highest BCUT2D eigenvalue weighted by atomic mass is 16.4. The molecule has 0 saturated carbocycles. The van der Waals surface area contributed by atoms with Gasteiger partial charge in [-0.2, -0.15) is 0 Å². The van der Waals surface area contributed by atoms with Crippen molar-refractivity contribution in [3.63, 3.8) is 0 Å². The van der Waals surface area contributed by atoms with E-state index in [1.807, 2.05) is 0 Å². The number of nitrogens with zero attached hydrogens (tertiary/aromatic N) is 2. The number of hydrogen-bond acceptors (Lipinski definition) is 3. The molecule has 0 bridgehead atoms. The van der Waals surface area contributed by atoms with E-state index in [0.29, 0.717) is 12.1 Å². The van der Waals surface area contributed by atoms with Crippen molar-refractivity contribution in [3.05, 3.63) is 0 Å². The smallest absolute Gasteiger partial charge is 0.317 e. The summed E-state index contributed by atoms with van der Waals surface area (Å²) in [6.07, 6.45) is 3.31. The Morgan fingerprint density at radius 1 is 1.62 bits per heavy atom. The van der Waals surface area contributed by atoms with Gasteiger partial charge in [-0.25, -0.2) is 0 Å². The van der Waals surface area contributed by atoms with Crippen LogP contribution >= 0.6 is 0 Å². The zero-order valence-corrected chi connectivity index (χ0v) is 10.6. The van der Waals surface area contributed by atoms with Crippen LogP contribution in [0.2, 0.25) is 0 Å². The number of piperidine rings is 1. The van der Waals surface area contributed by atoms with Gasteiger partial charge in [0.15, 0.2) is 0 Å². The zero-order chi connectivity index (χ0) is 12.1. The average molecular weight is 228 g/mol. The fourth-order valence-electron chi connectivity index (χ4n) is 2.45. The van der Waals surface area contributed by atoms with Gasteiger partial charge in [-0.15, -0.1) is 0 Å². The van der Waals surface area contributed by atoms with Crippen LogP contribution in [0.5, 0.6) is 0 Å². The van der Waals surface area contributed by atoms with E-state index in [2.05, 4.69) is 30.7 Å². The monoisotopic (exact) mass is 228 g/mol. The van der Waals surface area contributed by atoms with Gasteiger partial charge in [-0.05, 0) is 39.8 Å². The number of carboxylic acids is 1. The predicted octanol–water partition coefficient (Wildman–Crippen LogP) is 1.27. The standard InChI is InChI=1S/C12H24N2O2/c1-4-10(2)14(9-12(15)16)11-6-5-7-13(3)8-11/h10-11H,4-9H2,1-3H3,(H,15,16).